The van der Waals surface area contributed by atoms with Crippen molar-refractivity contribution in [1.82, 2.24) is 4.98 Å². The Morgan fingerprint density at radius 3 is 2.75 bits per heavy atom. The molecular formula is C10H14F3N3. The second-order valence-corrected chi connectivity index (χ2v) is 3.54. The van der Waals surface area contributed by atoms with Crippen molar-refractivity contribution in [2.24, 2.45) is 0 Å². The smallest absolute Gasteiger partial charge is 0.389 e. The van der Waals surface area contributed by atoms with Crippen LogP contribution in [0.5, 0.6) is 0 Å². The molecule has 6 heteroatoms. The van der Waals surface area contributed by atoms with Gasteiger partial charge >= 0.3 is 6.18 Å². The minimum absolute atomic E-state index is 0.0125. The molecule has 1 rings (SSSR count). The van der Waals surface area contributed by atoms with Crippen LogP contribution in [0, 0.1) is 6.92 Å². The predicted molar refractivity (Wildman–Crippen MR) is 57.2 cm³/mol. The lowest BCUT2D eigenvalue weighted by molar-refractivity contribution is -0.134. The molecule has 0 saturated carbocycles. The van der Waals surface area contributed by atoms with E-state index < -0.39 is 12.6 Å². The van der Waals surface area contributed by atoms with Crippen molar-refractivity contribution in [3.8, 4) is 0 Å². The van der Waals surface area contributed by atoms with Crippen molar-refractivity contribution in [3.63, 3.8) is 0 Å². The van der Waals surface area contributed by atoms with Crippen LogP contribution in [0.3, 0.4) is 0 Å². The summed E-state index contributed by atoms with van der Waals surface area (Å²) in [7, 11) is 0. The van der Waals surface area contributed by atoms with Gasteiger partial charge < -0.3 is 11.1 Å². The molecule has 1 aromatic rings. The van der Waals surface area contributed by atoms with Crippen LogP contribution in [0.4, 0.5) is 24.7 Å². The van der Waals surface area contributed by atoms with Gasteiger partial charge in [-0.15, -0.1) is 0 Å². The maximum Gasteiger partial charge on any atom is 0.389 e. The molecule has 3 nitrogen and oxygen atoms in total. The van der Waals surface area contributed by atoms with E-state index in [-0.39, 0.29) is 13.0 Å². The van der Waals surface area contributed by atoms with Crippen molar-refractivity contribution in [3.05, 3.63) is 17.8 Å². The van der Waals surface area contributed by atoms with E-state index in [1.807, 2.05) is 6.92 Å². The molecule has 0 fully saturated rings. The van der Waals surface area contributed by atoms with Crippen molar-refractivity contribution in [2.45, 2.75) is 25.9 Å². The summed E-state index contributed by atoms with van der Waals surface area (Å²) in [6.45, 7) is 2.03. The predicted octanol–water partition coefficient (Wildman–Crippen LogP) is 2.73. The highest BCUT2D eigenvalue weighted by Crippen LogP contribution is 2.22. The topological polar surface area (TPSA) is 50.9 Å². The summed E-state index contributed by atoms with van der Waals surface area (Å²) >= 11 is 0. The highest BCUT2D eigenvalue weighted by Gasteiger charge is 2.25. The summed E-state index contributed by atoms with van der Waals surface area (Å²) in [5.41, 5.74) is 7.04. The van der Waals surface area contributed by atoms with Gasteiger partial charge in [0.15, 0.2) is 0 Å². The Bertz CT molecular complexity index is 350. The molecule has 0 amide bonds. The SMILES string of the molecule is Cc1ccnc(NCCCC(F)(F)F)c1N. The average Bonchev–Trinajstić information content (AvgIpc) is 2.17. The first kappa shape index (κ1) is 12.6. The first-order valence-electron chi connectivity index (χ1n) is 4.92. The highest BCUT2D eigenvalue weighted by molar-refractivity contribution is 5.64. The Labute approximate surface area is 91.9 Å². The second kappa shape index (κ2) is 5.05. The van der Waals surface area contributed by atoms with Crippen molar-refractivity contribution < 1.29 is 13.2 Å². The number of nitrogens with one attached hydrogen (secondary N) is 1. The van der Waals surface area contributed by atoms with Crippen LogP contribution < -0.4 is 11.1 Å². The molecule has 1 heterocycles. The number of nitrogens with zero attached hydrogens (tertiary/aromatic N) is 1. The number of pyridine rings is 1. The zero-order valence-corrected chi connectivity index (χ0v) is 8.93. The molecule has 0 radical (unpaired) electrons. The molecule has 0 unspecified atom stereocenters. The first-order chi connectivity index (χ1) is 7.40. The number of aryl methyl sites for hydroxylation is 1. The van der Waals surface area contributed by atoms with E-state index in [9.17, 15) is 13.2 Å². The maximum atomic E-state index is 11.9. The fraction of sp³-hybridized carbons (Fsp3) is 0.500. The highest BCUT2D eigenvalue weighted by atomic mass is 19.4. The number of aromatic nitrogens is 1. The van der Waals surface area contributed by atoms with Gasteiger partial charge in [0.25, 0.3) is 0 Å². The summed E-state index contributed by atoms with van der Waals surface area (Å²) in [5.74, 6) is 0.446. The molecule has 16 heavy (non-hydrogen) atoms. The second-order valence-electron chi connectivity index (χ2n) is 3.54. The van der Waals surface area contributed by atoms with Crippen LogP contribution in [-0.2, 0) is 0 Å². The quantitative estimate of drug-likeness (QED) is 0.786. The van der Waals surface area contributed by atoms with Gasteiger partial charge in [0, 0.05) is 19.2 Å². The van der Waals surface area contributed by atoms with Crippen LogP contribution in [0.15, 0.2) is 12.3 Å². The summed E-state index contributed by atoms with van der Waals surface area (Å²) in [6, 6.07) is 1.75. The minimum Gasteiger partial charge on any atom is -0.396 e. The van der Waals surface area contributed by atoms with E-state index in [1.165, 1.54) is 0 Å². The Balaban J connectivity index is 2.41. The van der Waals surface area contributed by atoms with E-state index in [2.05, 4.69) is 10.3 Å². The van der Waals surface area contributed by atoms with E-state index >= 15 is 0 Å². The van der Waals surface area contributed by atoms with E-state index in [1.54, 1.807) is 12.3 Å². The third-order valence-electron chi connectivity index (χ3n) is 2.14. The Kier molecular flexibility index (Phi) is 3.98. The van der Waals surface area contributed by atoms with Gasteiger partial charge in [-0.3, -0.25) is 0 Å². The number of nitrogen functional groups attached to an aromatic ring is 1. The molecule has 3 N–H and O–H groups in total. The van der Waals surface area contributed by atoms with Gasteiger partial charge in [0.1, 0.15) is 5.82 Å². The summed E-state index contributed by atoms with van der Waals surface area (Å²) < 4.78 is 35.6. The lowest BCUT2D eigenvalue weighted by Crippen LogP contribution is -2.12. The lowest BCUT2D eigenvalue weighted by atomic mass is 10.2. The Morgan fingerprint density at radius 2 is 2.12 bits per heavy atom. The molecule has 0 aliphatic carbocycles. The monoisotopic (exact) mass is 233 g/mol. The van der Waals surface area contributed by atoms with Gasteiger partial charge in [-0.2, -0.15) is 13.2 Å². The minimum atomic E-state index is -4.10. The fourth-order valence-electron chi connectivity index (χ4n) is 1.21. The molecule has 0 saturated heterocycles. The van der Waals surface area contributed by atoms with Gasteiger partial charge in [-0.05, 0) is 25.0 Å². The fourth-order valence-corrected chi connectivity index (χ4v) is 1.21. The zero-order chi connectivity index (χ0) is 12.2. The number of halogens is 3. The third kappa shape index (κ3) is 3.96. The molecular weight excluding hydrogens is 219 g/mol. The summed E-state index contributed by atoms with van der Waals surface area (Å²) in [6.07, 6.45) is -3.32. The standard InChI is InChI=1S/C10H14F3N3/c1-7-3-6-16-9(8(7)14)15-5-2-4-10(11,12)13/h3,6H,2,4-5,14H2,1H3,(H,15,16). The van der Waals surface area contributed by atoms with Gasteiger partial charge in [0.05, 0.1) is 5.69 Å². The Hall–Kier alpha value is -1.46. The molecule has 0 aliphatic rings. The number of nitrogens with two attached hydrogens (primary N) is 1. The van der Waals surface area contributed by atoms with Crippen LogP contribution in [0.1, 0.15) is 18.4 Å². The molecule has 0 aromatic carbocycles. The van der Waals surface area contributed by atoms with Gasteiger partial charge in [-0.1, -0.05) is 0 Å². The molecule has 0 bridgehead atoms. The molecule has 1 aromatic heterocycles. The van der Waals surface area contributed by atoms with E-state index in [4.69, 9.17) is 5.73 Å². The number of hydrogen-bond acceptors (Lipinski definition) is 3. The van der Waals surface area contributed by atoms with Crippen molar-refractivity contribution in [2.75, 3.05) is 17.6 Å². The first-order valence-corrected chi connectivity index (χ1v) is 4.92. The molecule has 0 atom stereocenters. The van der Waals surface area contributed by atoms with E-state index in [0.29, 0.717) is 11.5 Å². The van der Waals surface area contributed by atoms with Crippen LogP contribution in [-0.4, -0.2) is 17.7 Å². The van der Waals surface area contributed by atoms with Crippen LogP contribution in [0.2, 0.25) is 0 Å². The van der Waals surface area contributed by atoms with Crippen LogP contribution in [0.25, 0.3) is 0 Å². The Morgan fingerprint density at radius 1 is 1.44 bits per heavy atom. The third-order valence-corrected chi connectivity index (χ3v) is 2.14. The van der Waals surface area contributed by atoms with Gasteiger partial charge in [-0.25, -0.2) is 4.98 Å². The molecule has 0 aliphatic heterocycles. The largest absolute Gasteiger partial charge is 0.396 e. The summed E-state index contributed by atoms with van der Waals surface area (Å²) in [5, 5.41) is 2.79. The normalized spacial score (nSPS) is 11.5. The van der Waals surface area contributed by atoms with Gasteiger partial charge in [0.2, 0.25) is 0 Å². The lowest BCUT2D eigenvalue weighted by Gasteiger charge is -2.10. The summed E-state index contributed by atoms with van der Waals surface area (Å²) in [4.78, 5) is 3.96. The number of alkyl halides is 3. The number of anilines is 2. The van der Waals surface area contributed by atoms with E-state index in [0.717, 1.165) is 5.56 Å². The average molecular weight is 233 g/mol. The number of rotatable bonds is 4. The van der Waals surface area contributed by atoms with Crippen molar-refractivity contribution in [1.29, 1.82) is 0 Å². The van der Waals surface area contributed by atoms with Crippen LogP contribution >= 0.6 is 0 Å². The van der Waals surface area contributed by atoms with Crippen molar-refractivity contribution >= 4 is 11.5 Å². The molecule has 0 spiro atoms. The zero-order valence-electron chi connectivity index (χ0n) is 8.93. The maximum absolute atomic E-state index is 11.9. The molecule has 90 valence electrons. The number of hydrogen-bond donors (Lipinski definition) is 2.